The average molecular weight is 460 g/mol. The standard InChI is InChI=1S/C21H23F3N8O/c22-21(23,24)17-18(25)28-10-14(29-17)13-9-15-20(33-8-7-32(15)30-13)3-6-31(11-20)16(12-1-2-12)19-26-4-5-27-19/h4-5,9-10,12,16H,1-3,6-8,11H2,(H2,25,28)(H,26,27)/t16?,20-/m1/s1. The summed E-state index contributed by atoms with van der Waals surface area (Å²) >= 11 is 0. The van der Waals surface area contributed by atoms with Crippen molar-refractivity contribution in [3.8, 4) is 11.4 Å². The van der Waals surface area contributed by atoms with Gasteiger partial charge in [-0.15, -0.1) is 0 Å². The third kappa shape index (κ3) is 3.48. The quantitative estimate of drug-likeness (QED) is 0.616. The Kier molecular flexibility index (Phi) is 4.53. The van der Waals surface area contributed by atoms with Crippen molar-refractivity contribution in [1.82, 2.24) is 34.6 Å². The largest absolute Gasteiger partial charge is 0.437 e. The van der Waals surface area contributed by atoms with Gasteiger partial charge < -0.3 is 15.5 Å². The Morgan fingerprint density at radius 2 is 2.06 bits per heavy atom. The van der Waals surface area contributed by atoms with Crippen LogP contribution in [0.4, 0.5) is 19.0 Å². The zero-order chi connectivity index (χ0) is 22.8. The molecule has 1 unspecified atom stereocenters. The summed E-state index contributed by atoms with van der Waals surface area (Å²) in [5, 5.41) is 4.55. The van der Waals surface area contributed by atoms with Crippen LogP contribution in [-0.4, -0.2) is 54.3 Å². The Morgan fingerprint density at radius 3 is 2.79 bits per heavy atom. The number of fused-ring (bicyclic) bond motifs is 2. The molecule has 0 radical (unpaired) electrons. The van der Waals surface area contributed by atoms with Gasteiger partial charge >= 0.3 is 6.18 Å². The molecule has 0 amide bonds. The predicted octanol–water partition coefficient (Wildman–Crippen LogP) is 2.75. The molecule has 1 saturated carbocycles. The smallest absolute Gasteiger partial charge is 0.382 e. The summed E-state index contributed by atoms with van der Waals surface area (Å²) in [6, 6.07) is 1.99. The van der Waals surface area contributed by atoms with E-state index in [-0.39, 0.29) is 11.7 Å². The van der Waals surface area contributed by atoms with E-state index in [1.807, 2.05) is 10.9 Å². The molecule has 1 aliphatic carbocycles. The Morgan fingerprint density at radius 1 is 1.21 bits per heavy atom. The molecule has 3 N–H and O–H groups in total. The van der Waals surface area contributed by atoms with Gasteiger partial charge in [0.1, 0.15) is 22.8 Å². The van der Waals surface area contributed by atoms with Crippen molar-refractivity contribution < 1.29 is 17.9 Å². The maximum atomic E-state index is 13.3. The maximum absolute atomic E-state index is 13.3. The van der Waals surface area contributed by atoms with E-state index in [0.29, 0.717) is 31.3 Å². The molecular weight excluding hydrogens is 437 g/mol. The second-order valence-corrected chi connectivity index (χ2v) is 8.94. The molecule has 33 heavy (non-hydrogen) atoms. The molecule has 5 heterocycles. The van der Waals surface area contributed by atoms with E-state index < -0.39 is 23.3 Å². The van der Waals surface area contributed by atoms with Crippen LogP contribution in [0.15, 0.2) is 24.7 Å². The number of nitrogens with two attached hydrogens (primary N) is 1. The Balaban J connectivity index is 1.33. The van der Waals surface area contributed by atoms with Crippen LogP contribution in [0.2, 0.25) is 0 Å². The van der Waals surface area contributed by atoms with Crippen LogP contribution in [0.3, 0.4) is 0 Å². The molecule has 1 spiro atoms. The fraction of sp³-hybridized carbons (Fsp3) is 0.524. The maximum Gasteiger partial charge on any atom is 0.437 e. The molecule has 12 heteroatoms. The third-order valence-electron chi connectivity index (χ3n) is 6.78. The lowest BCUT2D eigenvalue weighted by molar-refractivity contribution is -0.140. The van der Waals surface area contributed by atoms with Crippen molar-refractivity contribution in [2.24, 2.45) is 5.92 Å². The number of alkyl halides is 3. The molecule has 0 bridgehead atoms. The van der Waals surface area contributed by atoms with Gasteiger partial charge in [0.2, 0.25) is 0 Å². The molecular formula is C21H23F3N8O. The molecule has 174 valence electrons. The van der Waals surface area contributed by atoms with Crippen molar-refractivity contribution >= 4 is 5.82 Å². The lowest BCUT2D eigenvalue weighted by Crippen LogP contribution is -2.41. The number of nitrogens with zero attached hydrogens (tertiary/aromatic N) is 6. The Labute approximate surface area is 187 Å². The molecule has 2 aliphatic heterocycles. The van der Waals surface area contributed by atoms with Gasteiger partial charge in [0.15, 0.2) is 11.5 Å². The fourth-order valence-corrected chi connectivity index (χ4v) is 5.13. The number of aromatic nitrogens is 6. The first-order chi connectivity index (χ1) is 15.8. The molecule has 2 atom stereocenters. The highest BCUT2D eigenvalue weighted by Gasteiger charge is 2.50. The highest BCUT2D eigenvalue weighted by Crippen LogP contribution is 2.48. The van der Waals surface area contributed by atoms with E-state index >= 15 is 0 Å². The van der Waals surface area contributed by atoms with E-state index in [9.17, 15) is 13.2 Å². The first-order valence-corrected chi connectivity index (χ1v) is 11.0. The summed E-state index contributed by atoms with van der Waals surface area (Å²) in [7, 11) is 0. The van der Waals surface area contributed by atoms with Crippen molar-refractivity contribution in [2.45, 2.75) is 43.6 Å². The van der Waals surface area contributed by atoms with Crippen molar-refractivity contribution in [1.29, 1.82) is 0 Å². The zero-order valence-corrected chi connectivity index (χ0v) is 17.7. The lowest BCUT2D eigenvalue weighted by atomic mass is 9.96. The number of ether oxygens (including phenoxy) is 1. The summed E-state index contributed by atoms with van der Waals surface area (Å²) in [4.78, 5) is 17.6. The number of hydrogen-bond donors (Lipinski definition) is 2. The Bertz CT molecular complexity index is 1170. The van der Waals surface area contributed by atoms with Crippen LogP contribution in [-0.2, 0) is 23.1 Å². The number of nitrogens with one attached hydrogen (secondary N) is 1. The molecule has 3 aromatic rings. The topological polar surface area (TPSA) is 111 Å². The van der Waals surface area contributed by atoms with Gasteiger partial charge in [0, 0.05) is 25.5 Å². The average Bonchev–Trinajstić information content (AvgIpc) is 3.16. The number of hydrogen-bond acceptors (Lipinski definition) is 7. The normalized spacial score (nSPS) is 24.3. The molecule has 3 aliphatic rings. The second kappa shape index (κ2) is 7.26. The van der Waals surface area contributed by atoms with Gasteiger partial charge in [0.25, 0.3) is 0 Å². The minimum Gasteiger partial charge on any atom is -0.382 e. The molecule has 6 rings (SSSR count). The molecule has 1 saturated heterocycles. The number of nitrogen functional groups attached to an aromatic ring is 1. The summed E-state index contributed by atoms with van der Waals surface area (Å²) in [6.45, 7) is 2.51. The van der Waals surface area contributed by atoms with Crippen LogP contribution >= 0.6 is 0 Å². The monoisotopic (exact) mass is 460 g/mol. The number of imidazole rings is 1. The number of likely N-dealkylation sites (tertiary alicyclic amines) is 1. The molecule has 9 nitrogen and oxygen atoms in total. The van der Waals surface area contributed by atoms with Crippen LogP contribution in [0.5, 0.6) is 0 Å². The van der Waals surface area contributed by atoms with Gasteiger partial charge in [0.05, 0.1) is 31.1 Å². The summed E-state index contributed by atoms with van der Waals surface area (Å²) in [5.74, 6) is 0.892. The summed E-state index contributed by atoms with van der Waals surface area (Å²) in [5.41, 5.74) is 4.86. The number of halogens is 3. The predicted molar refractivity (Wildman–Crippen MR) is 111 cm³/mol. The number of H-pyrrole nitrogens is 1. The van der Waals surface area contributed by atoms with Crippen LogP contribution in [0, 0.1) is 5.92 Å². The van der Waals surface area contributed by atoms with Gasteiger partial charge in [-0.3, -0.25) is 9.58 Å². The number of rotatable bonds is 4. The highest BCUT2D eigenvalue weighted by atomic mass is 19.4. The molecule has 3 aromatic heterocycles. The summed E-state index contributed by atoms with van der Waals surface area (Å²) < 4.78 is 48.0. The van der Waals surface area contributed by atoms with E-state index in [1.165, 1.54) is 19.0 Å². The van der Waals surface area contributed by atoms with E-state index in [0.717, 1.165) is 24.5 Å². The van der Waals surface area contributed by atoms with Crippen molar-refractivity contribution in [3.05, 3.63) is 41.9 Å². The minimum atomic E-state index is -4.69. The van der Waals surface area contributed by atoms with Crippen LogP contribution in [0.1, 0.15) is 42.5 Å². The molecule has 2 fully saturated rings. The van der Waals surface area contributed by atoms with Gasteiger partial charge in [-0.25, -0.2) is 15.0 Å². The van der Waals surface area contributed by atoms with E-state index in [4.69, 9.17) is 10.5 Å². The minimum absolute atomic E-state index is 0.0369. The van der Waals surface area contributed by atoms with E-state index in [1.54, 1.807) is 12.3 Å². The van der Waals surface area contributed by atoms with Crippen LogP contribution in [0.25, 0.3) is 11.4 Å². The zero-order valence-electron chi connectivity index (χ0n) is 17.7. The van der Waals surface area contributed by atoms with Gasteiger partial charge in [-0.1, -0.05) is 0 Å². The molecule has 0 aromatic carbocycles. The van der Waals surface area contributed by atoms with Gasteiger partial charge in [-0.05, 0) is 31.2 Å². The third-order valence-corrected chi connectivity index (χ3v) is 6.78. The SMILES string of the molecule is Nc1ncc(-c2cc3n(n2)CCO[C@@]32CCN(C(c3ncc[nH]3)C3CC3)C2)nc1C(F)(F)F. The summed E-state index contributed by atoms with van der Waals surface area (Å²) in [6.07, 6.45) is 3.28. The Hall–Kier alpha value is -2.99. The number of aromatic amines is 1. The number of anilines is 1. The lowest BCUT2D eigenvalue weighted by Gasteiger charge is -2.35. The van der Waals surface area contributed by atoms with E-state index in [2.05, 4.69) is 29.9 Å². The van der Waals surface area contributed by atoms with Crippen molar-refractivity contribution in [3.63, 3.8) is 0 Å². The first kappa shape index (κ1) is 20.6. The fourth-order valence-electron chi connectivity index (χ4n) is 5.13. The highest BCUT2D eigenvalue weighted by molar-refractivity contribution is 5.56. The first-order valence-electron chi connectivity index (χ1n) is 11.0. The van der Waals surface area contributed by atoms with Gasteiger partial charge in [-0.2, -0.15) is 18.3 Å². The van der Waals surface area contributed by atoms with Crippen LogP contribution < -0.4 is 5.73 Å². The second-order valence-electron chi connectivity index (χ2n) is 8.94. The van der Waals surface area contributed by atoms with Crippen molar-refractivity contribution in [2.75, 3.05) is 25.4 Å².